The predicted molar refractivity (Wildman–Crippen MR) is 98.6 cm³/mol. The summed E-state index contributed by atoms with van der Waals surface area (Å²) in [4.78, 5) is 15.8. The largest absolute Gasteiger partial charge is 0.493 e. The molecule has 6 heteroatoms. The third kappa shape index (κ3) is 4.73. The van der Waals surface area contributed by atoms with Crippen molar-refractivity contribution < 1.29 is 19.0 Å². The number of aromatic carboxylic acids is 1. The summed E-state index contributed by atoms with van der Waals surface area (Å²) in [7, 11) is 0. The zero-order valence-corrected chi connectivity index (χ0v) is 14.6. The number of halogens is 1. The lowest BCUT2D eigenvalue weighted by atomic mass is 10.2. The van der Waals surface area contributed by atoms with Gasteiger partial charge in [0.15, 0.2) is 0 Å². The Hall–Kier alpha value is -2.60. The van der Waals surface area contributed by atoms with E-state index in [-0.39, 0.29) is 11.4 Å². The molecule has 1 saturated heterocycles. The van der Waals surface area contributed by atoms with Crippen LogP contribution in [0.5, 0.6) is 5.75 Å². The molecule has 1 N–H and O–H groups in total. The van der Waals surface area contributed by atoms with Crippen molar-refractivity contribution in [1.82, 2.24) is 4.90 Å². The van der Waals surface area contributed by atoms with Crippen molar-refractivity contribution in [3.8, 4) is 5.75 Å². The van der Waals surface area contributed by atoms with Crippen LogP contribution in [-0.2, 0) is 0 Å². The summed E-state index contributed by atoms with van der Waals surface area (Å²) in [5.41, 5.74) is 1.25. The number of hydrogen-bond donors (Lipinski definition) is 1. The summed E-state index contributed by atoms with van der Waals surface area (Å²) in [5.74, 6) is -0.768. The maximum absolute atomic E-state index is 13.0. The molecule has 0 unspecified atom stereocenters. The first-order valence-electron chi connectivity index (χ1n) is 8.81. The highest BCUT2D eigenvalue weighted by atomic mass is 19.1. The van der Waals surface area contributed by atoms with Crippen LogP contribution in [0.1, 0.15) is 16.8 Å². The molecule has 0 aromatic heterocycles. The SMILES string of the molecule is O=C(O)c1ccccc1OCCCN1CCN(c2ccc(F)cc2)CC1. The predicted octanol–water partition coefficient (Wildman–Crippen LogP) is 3.12. The zero-order chi connectivity index (χ0) is 18.4. The first-order valence-corrected chi connectivity index (χ1v) is 8.81. The summed E-state index contributed by atoms with van der Waals surface area (Å²) in [6.07, 6.45) is 0.838. The Morgan fingerprint density at radius 2 is 1.73 bits per heavy atom. The number of carboxylic acids is 1. The number of rotatable bonds is 7. The smallest absolute Gasteiger partial charge is 0.339 e. The maximum atomic E-state index is 13.0. The van der Waals surface area contributed by atoms with Gasteiger partial charge in [0.05, 0.1) is 6.61 Å². The van der Waals surface area contributed by atoms with Crippen molar-refractivity contribution in [2.45, 2.75) is 6.42 Å². The van der Waals surface area contributed by atoms with Gasteiger partial charge in [0, 0.05) is 38.4 Å². The fourth-order valence-electron chi connectivity index (χ4n) is 3.12. The molecule has 1 heterocycles. The second-order valence-corrected chi connectivity index (χ2v) is 6.31. The van der Waals surface area contributed by atoms with E-state index in [1.54, 1.807) is 24.3 Å². The van der Waals surface area contributed by atoms with E-state index in [2.05, 4.69) is 9.80 Å². The summed E-state index contributed by atoms with van der Waals surface area (Å²) >= 11 is 0. The lowest BCUT2D eigenvalue weighted by Crippen LogP contribution is -2.46. The van der Waals surface area contributed by atoms with Crippen LogP contribution >= 0.6 is 0 Å². The zero-order valence-electron chi connectivity index (χ0n) is 14.6. The normalized spacial score (nSPS) is 15.0. The van der Waals surface area contributed by atoms with Gasteiger partial charge in [-0.2, -0.15) is 0 Å². The van der Waals surface area contributed by atoms with Crippen LogP contribution in [-0.4, -0.2) is 55.3 Å². The molecule has 5 nitrogen and oxygen atoms in total. The summed E-state index contributed by atoms with van der Waals surface area (Å²) in [6, 6.07) is 13.3. The van der Waals surface area contributed by atoms with E-state index in [0.29, 0.717) is 12.4 Å². The molecule has 0 bridgehead atoms. The van der Waals surface area contributed by atoms with E-state index >= 15 is 0 Å². The van der Waals surface area contributed by atoms with Gasteiger partial charge in [0.25, 0.3) is 0 Å². The minimum atomic E-state index is -0.975. The van der Waals surface area contributed by atoms with Crippen LogP contribution in [0.2, 0.25) is 0 Å². The molecule has 0 radical (unpaired) electrons. The Morgan fingerprint density at radius 3 is 2.42 bits per heavy atom. The Bertz CT molecular complexity index is 728. The molecule has 3 rings (SSSR count). The first kappa shape index (κ1) is 18.2. The highest BCUT2D eigenvalue weighted by Crippen LogP contribution is 2.19. The van der Waals surface area contributed by atoms with Gasteiger partial charge in [-0.05, 0) is 42.8 Å². The first-order chi connectivity index (χ1) is 12.6. The maximum Gasteiger partial charge on any atom is 0.339 e. The lowest BCUT2D eigenvalue weighted by Gasteiger charge is -2.36. The van der Waals surface area contributed by atoms with Crippen LogP contribution in [0.4, 0.5) is 10.1 Å². The van der Waals surface area contributed by atoms with Crippen molar-refractivity contribution in [2.24, 2.45) is 0 Å². The molecule has 2 aromatic carbocycles. The van der Waals surface area contributed by atoms with Crippen molar-refractivity contribution >= 4 is 11.7 Å². The quantitative estimate of drug-likeness (QED) is 0.771. The van der Waals surface area contributed by atoms with Crippen molar-refractivity contribution in [1.29, 1.82) is 0 Å². The third-order valence-corrected chi connectivity index (χ3v) is 4.56. The van der Waals surface area contributed by atoms with Gasteiger partial charge in [-0.25, -0.2) is 9.18 Å². The van der Waals surface area contributed by atoms with E-state index in [9.17, 15) is 9.18 Å². The standard InChI is InChI=1S/C20H23FN2O3/c21-16-6-8-17(9-7-16)23-13-11-22(12-14-23)10-3-15-26-19-5-2-1-4-18(19)20(24)25/h1-2,4-9H,3,10-15H2,(H,24,25). The van der Waals surface area contributed by atoms with Gasteiger partial charge >= 0.3 is 5.97 Å². The Kier molecular flexibility index (Phi) is 6.07. The number of anilines is 1. The van der Waals surface area contributed by atoms with Crippen LogP contribution in [0.25, 0.3) is 0 Å². The van der Waals surface area contributed by atoms with E-state index < -0.39 is 5.97 Å². The van der Waals surface area contributed by atoms with E-state index in [1.165, 1.54) is 12.1 Å². The average molecular weight is 358 g/mol. The Labute approximate surface area is 152 Å². The number of hydrogen-bond acceptors (Lipinski definition) is 4. The van der Waals surface area contributed by atoms with Gasteiger partial charge in [0.2, 0.25) is 0 Å². The molecule has 0 aliphatic carbocycles. The molecular formula is C20H23FN2O3. The second-order valence-electron chi connectivity index (χ2n) is 6.31. The number of nitrogens with zero attached hydrogens (tertiary/aromatic N) is 2. The Balaban J connectivity index is 1.39. The number of carboxylic acid groups (broad SMARTS) is 1. The number of piperazine rings is 1. The molecule has 1 aliphatic heterocycles. The van der Waals surface area contributed by atoms with Gasteiger partial charge in [-0.15, -0.1) is 0 Å². The molecule has 0 atom stereocenters. The van der Waals surface area contributed by atoms with Gasteiger partial charge in [-0.1, -0.05) is 12.1 Å². The molecule has 2 aromatic rings. The van der Waals surface area contributed by atoms with E-state index in [1.807, 2.05) is 12.1 Å². The second kappa shape index (κ2) is 8.67. The molecular weight excluding hydrogens is 335 g/mol. The van der Waals surface area contributed by atoms with E-state index in [0.717, 1.165) is 44.8 Å². The Morgan fingerprint density at radius 1 is 1.04 bits per heavy atom. The monoisotopic (exact) mass is 358 g/mol. The van der Waals surface area contributed by atoms with Crippen LogP contribution < -0.4 is 9.64 Å². The highest BCUT2D eigenvalue weighted by molar-refractivity contribution is 5.90. The number of para-hydroxylation sites is 1. The van der Waals surface area contributed by atoms with Gasteiger partial charge in [0.1, 0.15) is 17.1 Å². The fourth-order valence-corrected chi connectivity index (χ4v) is 3.12. The van der Waals surface area contributed by atoms with Gasteiger partial charge in [-0.3, -0.25) is 4.90 Å². The molecule has 1 fully saturated rings. The molecule has 138 valence electrons. The minimum absolute atomic E-state index is 0.195. The lowest BCUT2D eigenvalue weighted by molar-refractivity contribution is 0.0692. The fraction of sp³-hybridized carbons (Fsp3) is 0.350. The molecule has 0 spiro atoms. The highest BCUT2D eigenvalue weighted by Gasteiger charge is 2.17. The van der Waals surface area contributed by atoms with Crippen molar-refractivity contribution in [2.75, 3.05) is 44.2 Å². The minimum Gasteiger partial charge on any atom is -0.493 e. The van der Waals surface area contributed by atoms with Gasteiger partial charge < -0.3 is 14.7 Å². The molecule has 1 aliphatic rings. The number of ether oxygens (including phenoxy) is 1. The summed E-state index contributed by atoms with van der Waals surface area (Å²) < 4.78 is 18.6. The average Bonchev–Trinajstić information content (AvgIpc) is 2.66. The number of benzene rings is 2. The van der Waals surface area contributed by atoms with Crippen LogP contribution in [0, 0.1) is 5.82 Å². The van der Waals surface area contributed by atoms with Crippen molar-refractivity contribution in [3.63, 3.8) is 0 Å². The molecule has 26 heavy (non-hydrogen) atoms. The van der Waals surface area contributed by atoms with Crippen LogP contribution in [0.15, 0.2) is 48.5 Å². The van der Waals surface area contributed by atoms with E-state index in [4.69, 9.17) is 9.84 Å². The van der Waals surface area contributed by atoms with Crippen LogP contribution in [0.3, 0.4) is 0 Å². The van der Waals surface area contributed by atoms with Crippen molar-refractivity contribution in [3.05, 3.63) is 59.9 Å². The summed E-state index contributed by atoms with van der Waals surface area (Å²) in [5, 5.41) is 9.15. The topological polar surface area (TPSA) is 53.0 Å². The molecule has 0 amide bonds. The summed E-state index contributed by atoms with van der Waals surface area (Å²) in [6.45, 7) is 5.11. The third-order valence-electron chi connectivity index (χ3n) is 4.56. The number of carbonyl (C=O) groups is 1. The molecule has 0 saturated carbocycles.